The van der Waals surface area contributed by atoms with E-state index in [0.717, 1.165) is 13.0 Å². The van der Waals surface area contributed by atoms with E-state index in [1.54, 1.807) is 42.6 Å². The lowest BCUT2D eigenvalue weighted by molar-refractivity contribution is -0.858. The molecule has 0 aliphatic carbocycles. The zero-order valence-electron chi connectivity index (χ0n) is 15.5. The van der Waals surface area contributed by atoms with Gasteiger partial charge in [0.25, 0.3) is 5.91 Å². The minimum atomic E-state index is -0.579. The second-order valence-electron chi connectivity index (χ2n) is 6.89. The molecule has 1 aliphatic rings. The molecule has 1 atom stereocenters. The van der Waals surface area contributed by atoms with Crippen molar-refractivity contribution in [1.29, 1.82) is 0 Å². The minimum absolute atomic E-state index is 0.303. The summed E-state index contributed by atoms with van der Waals surface area (Å²) in [6, 6.07) is 14.0. The molecule has 0 saturated heterocycles. The van der Waals surface area contributed by atoms with Crippen molar-refractivity contribution in [3.63, 3.8) is 0 Å². The standard InChI is InChI=1S/C21H22ClN3O2/c1-24(2)12-6-11-23-14-19-17-9-3-4-10-18(17)20(26)25(21(19)27)16-8-5-7-15(22)13-16/h3-5,7-10,13-14,19H,6,11-12H2,1-2H3/p+1. The van der Waals surface area contributed by atoms with Crippen LogP contribution in [0.5, 0.6) is 0 Å². The lowest BCUT2D eigenvalue weighted by atomic mass is 9.89. The van der Waals surface area contributed by atoms with Crippen molar-refractivity contribution in [3.8, 4) is 0 Å². The van der Waals surface area contributed by atoms with Crippen molar-refractivity contribution < 1.29 is 14.5 Å². The molecule has 27 heavy (non-hydrogen) atoms. The molecule has 0 radical (unpaired) electrons. The minimum Gasteiger partial charge on any atom is -0.340 e. The average Bonchev–Trinajstić information content (AvgIpc) is 2.64. The van der Waals surface area contributed by atoms with E-state index in [-0.39, 0.29) is 11.8 Å². The number of hydrogen-bond acceptors (Lipinski definition) is 3. The molecule has 0 spiro atoms. The summed E-state index contributed by atoms with van der Waals surface area (Å²) in [7, 11) is 4.19. The van der Waals surface area contributed by atoms with Gasteiger partial charge in [-0.2, -0.15) is 0 Å². The average molecular weight is 385 g/mol. The molecule has 2 aromatic rings. The molecule has 140 valence electrons. The van der Waals surface area contributed by atoms with Crippen molar-refractivity contribution >= 4 is 35.3 Å². The van der Waals surface area contributed by atoms with Gasteiger partial charge in [0.1, 0.15) is 0 Å². The predicted molar refractivity (Wildman–Crippen MR) is 108 cm³/mol. The molecule has 5 nitrogen and oxygen atoms in total. The molecule has 2 amide bonds. The van der Waals surface area contributed by atoms with Gasteiger partial charge in [0.05, 0.1) is 32.2 Å². The van der Waals surface area contributed by atoms with E-state index in [2.05, 4.69) is 19.1 Å². The smallest absolute Gasteiger partial charge is 0.265 e. The van der Waals surface area contributed by atoms with E-state index < -0.39 is 5.92 Å². The third-order valence-electron chi connectivity index (χ3n) is 4.50. The third-order valence-corrected chi connectivity index (χ3v) is 4.74. The van der Waals surface area contributed by atoms with Gasteiger partial charge in [-0.3, -0.25) is 14.6 Å². The Morgan fingerprint density at radius 1 is 1.15 bits per heavy atom. The van der Waals surface area contributed by atoms with Crippen LogP contribution in [0.15, 0.2) is 53.5 Å². The first kappa shape index (κ1) is 19.3. The first-order valence-corrected chi connectivity index (χ1v) is 9.38. The van der Waals surface area contributed by atoms with Crippen LogP contribution in [-0.2, 0) is 4.79 Å². The number of halogens is 1. The fourth-order valence-electron chi connectivity index (χ4n) is 3.16. The molecule has 1 unspecified atom stereocenters. The third kappa shape index (κ3) is 4.26. The van der Waals surface area contributed by atoms with Crippen LogP contribution in [0, 0.1) is 0 Å². The number of carbonyl (C=O) groups is 2. The van der Waals surface area contributed by atoms with Crippen molar-refractivity contribution in [3.05, 3.63) is 64.7 Å². The number of imide groups is 1. The SMILES string of the molecule is C[NH+](C)CCCN=CC1C(=O)N(c2cccc(Cl)c2)C(=O)c2ccccc21. The largest absolute Gasteiger partial charge is 0.340 e. The molecule has 1 N–H and O–H groups in total. The summed E-state index contributed by atoms with van der Waals surface area (Å²) >= 11 is 6.06. The summed E-state index contributed by atoms with van der Waals surface area (Å²) in [4.78, 5) is 33.1. The Kier molecular flexibility index (Phi) is 6.04. The van der Waals surface area contributed by atoms with Crippen LogP contribution < -0.4 is 9.80 Å². The van der Waals surface area contributed by atoms with E-state index in [1.807, 2.05) is 12.1 Å². The summed E-state index contributed by atoms with van der Waals surface area (Å²) in [6.07, 6.45) is 2.62. The second kappa shape index (κ2) is 8.46. The van der Waals surface area contributed by atoms with E-state index in [1.165, 1.54) is 9.80 Å². The summed E-state index contributed by atoms with van der Waals surface area (Å²) in [5.41, 5.74) is 1.70. The molecule has 1 aliphatic heterocycles. The molecule has 0 aromatic heterocycles. The topological polar surface area (TPSA) is 54.2 Å². The maximum absolute atomic E-state index is 13.1. The van der Waals surface area contributed by atoms with Gasteiger partial charge in [-0.25, -0.2) is 4.90 Å². The van der Waals surface area contributed by atoms with Crippen LogP contribution in [-0.4, -0.2) is 45.2 Å². The van der Waals surface area contributed by atoms with Gasteiger partial charge in [0.15, 0.2) is 0 Å². The number of fused-ring (bicyclic) bond motifs is 1. The van der Waals surface area contributed by atoms with Gasteiger partial charge >= 0.3 is 0 Å². The molecule has 0 saturated carbocycles. The van der Waals surface area contributed by atoms with Gasteiger partial charge in [0, 0.05) is 29.8 Å². The highest BCUT2D eigenvalue weighted by molar-refractivity contribution is 6.32. The molecule has 1 heterocycles. The summed E-state index contributed by atoms with van der Waals surface area (Å²) < 4.78 is 0. The molecule has 2 aromatic carbocycles. The maximum atomic E-state index is 13.1. The fraction of sp³-hybridized carbons (Fsp3) is 0.286. The summed E-state index contributed by atoms with van der Waals surface area (Å²) in [5.74, 6) is -1.22. The Bertz CT molecular complexity index is 879. The zero-order valence-corrected chi connectivity index (χ0v) is 16.2. The van der Waals surface area contributed by atoms with Crippen LogP contribution in [0.25, 0.3) is 0 Å². The van der Waals surface area contributed by atoms with Crippen molar-refractivity contribution in [2.24, 2.45) is 4.99 Å². The number of rotatable bonds is 6. The van der Waals surface area contributed by atoms with E-state index in [9.17, 15) is 9.59 Å². The summed E-state index contributed by atoms with van der Waals surface area (Å²) in [6.45, 7) is 1.67. The van der Waals surface area contributed by atoms with Gasteiger partial charge in [0.2, 0.25) is 5.91 Å². The van der Waals surface area contributed by atoms with Crippen molar-refractivity contribution in [2.75, 3.05) is 32.1 Å². The van der Waals surface area contributed by atoms with E-state index >= 15 is 0 Å². The molecule has 3 rings (SSSR count). The van der Waals surface area contributed by atoms with Crippen LogP contribution in [0.3, 0.4) is 0 Å². The normalized spacial score (nSPS) is 17.0. The summed E-state index contributed by atoms with van der Waals surface area (Å²) in [5, 5.41) is 0.475. The Balaban J connectivity index is 1.92. The number of carbonyl (C=O) groups excluding carboxylic acids is 2. The number of hydrogen-bond donors (Lipinski definition) is 1. The highest BCUT2D eigenvalue weighted by atomic mass is 35.5. The first-order valence-electron chi connectivity index (χ1n) is 9.01. The van der Waals surface area contributed by atoms with Crippen LogP contribution >= 0.6 is 11.6 Å². The van der Waals surface area contributed by atoms with Gasteiger partial charge in [-0.1, -0.05) is 35.9 Å². The maximum Gasteiger partial charge on any atom is 0.265 e. The molecular formula is C21H23ClN3O2+. The zero-order chi connectivity index (χ0) is 19.4. The molecular weight excluding hydrogens is 362 g/mol. The first-order chi connectivity index (χ1) is 13.0. The Morgan fingerprint density at radius 3 is 2.67 bits per heavy atom. The number of aliphatic imine (C=N–C) groups is 1. The number of quaternary nitrogens is 1. The van der Waals surface area contributed by atoms with Crippen molar-refractivity contribution in [1.82, 2.24) is 0 Å². The van der Waals surface area contributed by atoms with Gasteiger partial charge in [-0.05, 0) is 29.8 Å². The number of benzene rings is 2. The predicted octanol–water partition coefficient (Wildman–Crippen LogP) is 2.22. The van der Waals surface area contributed by atoms with E-state index in [0.29, 0.717) is 28.4 Å². The van der Waals surface area contributed by atoms with Crippen LogP contribution in [0.1, 0.15) is 28.3 Å². The van der Waals surface area contributed by atoms with Gasteiger partial charge < -0.3 is 4.90 Å². The van der Waals surface area contributed by atoms with Crippen LogP contribution in [0.4, 0.5) is 5.69 Å². The lowest BCUT2D eigenvalue weighted by Gasteiger charge is -2.31. The number of nitrogens with one attached hydrogen (secondary N) is 1. The van der Waals surface area contributed by atoms with Crippen molar-refractivity contribution in [2.45, 2.75) is 12.3 Å². The lowest BCUT2D eigenvalue weighted by Crippen LogP contribution is -3.05. The molecule has 6 heteroatoms. The highest BCUT2D eigenvalue weighted by Gasteiger charge is 2.38. The van der Waals surface area contributed by atoms with E-state index in [4.69, 9.17) is 11.6 Å². The number of nitrogens with zero attached hydrogens (tertiary/aromatic N) is 2. The fourth-order valence-corrected chi connectivity index (χ4v) is 3.35. The highest BCUT2D eigenvalue weighted by Crippen LogP contribution is 2.32. The Hall–Kier alpha value is -2.50. The van der Waals surface area contributed by atoms with Gasteiger partial charge in [-0.15, -0.1) is 0 Å². The Labute approximate surface area is 164 Å². The van der Waals surface area contributed by atoms with Crippen LogP contribution in [0.2, 0.25) is 5.02 Å². The number of amides is 2. The second-order valence-corrected chi connectivity index (χ2v) is 7.33. The number of anilines is 1. The molecule has 0 fully saturated rings. The Morgan fingerprint density at radius 2 is 1.93 bits per heavy atom. The quantitative estimate of drug-likeness (QED) is 0.471. The monoisotopic (exact) mass is 384 g/mol. The molecule has 0 bridgehead atoms.